The Morgan fingerprint density at radius 1 is 1.53 bits per heavy atom. The van der Waals surface area contributed by atoms with Gasteiger partial charge in [0.25, 0.3) is 0 Å². The first-order chi connectivity index (χ1) is 7.08. The molecule has 1 rings (SSSR count). The quantitative estimate of drug-likeness (QED) is 0.712. The Bertz CT molecular complexity index is 433. The maximum atomic E-state index is 10.9. The molecule has 76 valence electrons. The van der Waals surface area contributed by atoms with Gasteiger partial charge in [0.15, 0.2) is 11.4 Å². The number of nitrogens with zero attached hydrogens (tertiary/aromatic N) is 3. The molecule has 0 spiro atoms. The average molecular weight is 202 g/mol. The van der Waals surface area contributed by atoms with Crippen molar-refractivity contribution < 1.29 is 4.79 Å². The summed E-state index contributed by atoms with van der Waals surface area (Å²) in [5.74, 6) is 0.0137. The van der Waals surface area contributed by atoms with Gasteiger partial charge in [0, 0.05) is 12.1 Å². The standard InChI is InChI=1S/C10H10N4O/c1-6(15)3-8-7(2)13-9(4-11)10(5-12)14-8/h8,14H,3H2,1-2H3/t8-/m1/s1. The van der Waals surface area contributed by atoms with Crippen LogP contribution in [0.4, 0.5) is 0 Å². The summed E-state index contributed by atoms with van der Waals surface area (Å²) in [4.78, 5) is 14.9. The maximum absolute atomic E-state index is 10.9. The molecule has 5 nitrogen and oxygen atoms in total. The van der Waals surface area contributed by atoms with E-state index in [0.717, 1.165) is 0 Å². The summed E-state index contributed by atoms with van der Waals surface area (Å²) in [5, 5.41) is 20.3. The van der Waals surface area contributed by atoms with Gasteiger partial charge in [-0.15, -0.1) is 0 Å². The fraction of sp³-hybridized carbons (Fsp3) is 0.400. The number of carbonyl (C=O) groups is 1. The summed E-state index contributed by atoms with van der Waals surface area (Å²) in [6.07, 6.45) is 0.277. The monoisotopic (exact) mass is 202 g/mol. The molecule has 0 radical (unpaired) electrons. The fourth-order valence-corrected chi connectivity index (χ4v) is 1.31. The molecule has 0 amide bonds. The van der Waals surface area contributed by atoms with Gasteiger partial charge in [-0.25, -0.2) is 4.99 Å². The van der Waals surface area contributed by atoms with Crippen molar-refractivity contribution >= 4 is 11.5 Å². The molecule has 0 saturated heterocycles. The number of aliphatic imine (C=N–C) groups is 1. The first kappa shape index (κ1) is 10.9. The van der Waals surface area contributed by atoms with E-state index in [1.807, 2.05) is 12.1 Å². The topological polar surface area (TPSA) is 89.0 Å². The lowest BCUT2D eigenvalue weighted by Crippen LogP contribution is -2.39. The molecule has 1 aliphatic heterocycles. The molecule has 0 unspecified atom stereocenters. The normalized spacial score (nSPS) is 19.7. The van der Waals surface area contributed by atoms with Gasteiger partial charge in [-0.2, -0.15) is 10.5 Å². The molecule has 0 aromatic rings. The number of nitriles is 2. The molecule has 1 atom stereocenters. The minimum absolute atomic E-state index is 0.0137. The Balaban J connectivity index is 2.96. The Labute approximate surface area is 87.7 Å². The molecule has 5 heteroatoms. The van der Waals surface area contributed by atoms with E-state index in [1.165, 1.54) is 6.92 Å². The van der Waals surface area contributed by atoms with Gasteiger partial charge in [0.2, 0.25) is 0 Å². The summed E-state index contributed by atoms with van der Waals surface area (Å²) in [6, 6.07) is 3.42. The lowest BCUT2D eigenvalue weighted by Gasteiger charge is -2.21. The summed E-state index contributed by atoms with van der Waals surface area (Å²) >= 11 is 0. The number of hydrogen-bond acceptors (Lipinski definition) is 5. The molecule has 0 aliphatic carbocycles. The van der Waals surface area contributed by atoms with Gasteiger partial charge in [-0.3, -0.25) is 4.79 Å². The number of hydrogen-bond donors (Lipinski definition) is 1. The van der Waals surface area contributed by atoms with Crippen molar-refractivity contribution in [3.8, 4) is 12.1 Å². The Kier molecular flexibility index (Phi) is 3.20. The number of Topliss-reactive ketones (excluding diaryl/α,β-unsaturated/α-hetero) is 1. The number of allylic oxidation sites excluding steroid dienone is 2. The molecule has 1 N–H and O–H groups in total. The van der Waals surface area contributed by atoms with Crippen molar-refractivity contribution in [1.82, 2.24) is 5.32 Å². The zero-order valence-electron chi connectivity index (χ0n) is 8.53. The van der Waals surface area contributed by atoms with Crippen LogP contribution in [0.3, 0.4) is 0 Å². The van der Waals surface area contributed by atoms with Crippen LogP contribution in [0.2, 0.25) is 0 Å². The largest absolute Gasteiger partial charge is 0.366 e. The second-order valence-electron chi connectivity index (χ2n) is 3.30. The van der Waals surface area contributed by atoms with Gasteiger partial charge < -0.3 is 5.32 Å². The van der Waals surface area contributed by atoms with Crippen LogP contribution in [-0.2, 0) is 4.79 Å². The molecule has 0 bridgehead atoms. The van der Waals surface area contributed by atoms with Crippen molar-refractivity contribution in [2.24, 2.45) is 4.99 Å². The van der Waals surface area contributed by atoms with Crippen molar-refractivity contribution in [3.05, 3.63) is 11.4 Å². The smallest absolute Gasteiger partial charge is 0.174 e. The van der Waals surface area contributed by atoms with E-state index in [-0.39, 0.29) is 29.6 Å². The van der Waals surface area contributed by atoms with Crippen LogP contribution in [0.25, 0.3) is 0 Å². The first-order valence-electron chi connectivity index (χ1n) is 4.44. The maximum Gasteiger partial charge on any atom is 0.174 e. The van der Waals surface area contributed by atoms with E-state index < -0.39 is 0 Å². The van der Waals surface area contributed by atoms with Gasteiger partial charge in [-0.1, -0.05) is 0 Å². The molecule has 0 aromatic carbocycles. The minimum Gasteiger partial charge on any atom is -0.366 e. The third-order valence-corrected chi connectivity index (χ3v) is 2.06. The summed E-state index contributed by atoms with van der Waals surface area (Å²) < 4.78 is 0. The fourth-order valence-electron chi connectivity index (χ4n) is 1.31. The van der Waals surface area contributed by atoms with E-state index in [4.69, 9.17) is 10.5 Å². The van der Waals surface area contributed by atoms with Gasteiger partial charge in [0.05, 0.1) is 6.04 Å². The SMILES string of the molecule is CC(=O)C[C@H]1NC(C#N)=C(C#N)N=C1C. The molecular formula is C10H10N4O. The van der Waals surface area contributed by atoms with Crippen LogP contribution in [0.5, 0.6) is 0 Å². The van der Waals surface area contributed by atoms with Crippen LogP contribution in [-0.4, -0.2) is 17.5 Å². The minimum atomic E-state index is -0.269. The van der Waals surface area contributed by atoms with Crippen molar-refractivity contribution in [2.45, 2.75) is 26.3 Å². The predicted octanol–water partition coefficient (Wildman–Crippen LogP) is 0.657. The highest BCUT2D eigenvalue weighted by molar-refractivity contribution is 5.94. The Morgan fingerprint density at radius 3 is 2.67 bits per heavy atom. The number of ketones is 1. The van der Waals surface area contributed by atoms with Crippen LogP contribution in [0, 0.1) is 22.7 Å². The van der Waals surface area contributed by atoms with E-state index in [1.54, 1.807) is 6.92 Å². The lowest BCUT2D eigenvalue weighted by molar-refractivity contribution is -0.117. The third-order valence-electron chi connectivity index (χ3n) is 2.06. The van der Waals surface area contributed by atoms with Gasteiger partial charge in [0.1, 0.15) is 17.9 Å². The van der Waals surface area contributed by atoms with Crippen LogP contribution in [0.1, 0.15) is 20.3 Å². The third kappa shape index (κ3) is 2.41. The van der Waals surface area contributed by atoms with Crippen LogP contribution < -0.4 is 5.32 Å². The highest BCUT2D eigenvalue weighted by Gasteiger charge is 2.22. The predicted molar refractivity (Wildman–Crippen MR) is 53.6 cm³/mol. The Morgan fingerprint density at radius 2 is 2.20 bits per heavy atom. The van der Waals surface area contributed by atoms with Crippen molar-refractivity contribution in [1.29, 1.82) is 10.5 Å². The second-order valence-corrected chi connectivity index (χ2v) is 3.30. The number of carbonyl (C=O) groups excluding carboxylic acids is 1. The lowest BCUT2D eigenvalue weighted by atomic mass is 10.0. The van der Waals surface area contributed by atoms with Crippen molar-refractivity contribution in [3.63, 3.8) is 0 Å². The zero-order valence-corrected chi connectivity index (χ0v) is 8.53. The van der Waals surface area contributed by atoms with Gasteiger partial charge >= 0.3 is 0 Å². The summed E-state index contributed by atoms with van der Waals surface area (Å²) in [6.45, 7) is 3.20. The second kappa shape index (κ2) is 4.39. The molecule has 1 heterocycles. The molecule has 15 heavy (non-hydrogen) atoms. The van der Waals surface area contributed by atoms with Crippen LogP contribution in [0.15, 0.2) is 16.4 Å². The van der Waals surface area contributed by atoms with Crippen molar-refractivity contribution in [2.75, 3.05) is 0 Å². The Hall–Kier alpha value is -2.14. The van der Waals surface area contributed by atoms with E-state index in [9.17, 15) is 4.79 Å². The van der Waals surface area contributed by atoms with Crippen LogP contribution >= 0.6 is 0 Å². The molecule has 0 saturated carbocycles. The van der Waals surface area contributed by atoms with E-state index in [0.29, 0.717) is 5.71 Å². The zero-order chi connectivity index (χ0) is 11.4. The molecule has 0 aromatic heterocycles. The first-order valence-corrected chi connectivity index (χ1v) is 4.44. The summed E-state index contributed by atoms with van der Waals surface area (Å²) in [7, 11) is 0. The molecular weight excluding hydrogens is 192 g/mol. The highest BCUT2D eigenvalue weighted by Crippen LogP contribution is 2.13. The average Bonchev–Trinajstić information content (AvgIpc) is 2.19. The van der Waals surface area contributed by atoms with E-state index in [2.05, 4.69) is 10.3 Å². The van der Waals surface area contributed by atoms with Gasteiger partial charge in [-0.05, 0) is 13.8 Å². The molecule has 1 aliphatic rings. The van der Waals surface area contributed by atoms with E-state index >= 15 is 0 Å². The number of rotatable bonds is 2. The molecule has 0 fully saturated rings. The summed E-state index contributed by atoms with van der Waals surface area (Å²) in [5.41, 5.74) is 0.866. The number of nitrogens with one attached hydrogen (secondary N) is 1. The highest BCUT2D eigenvalue weighted by atomic mass is 16.1.